The highest BCUT2D eigenvalue weighted by molar-refractivity contribution is 7.98. The van der Waals surface area contributed by atoms with E-state index in [0.29, 0.717) is 34.7 Å². The van der Waals surface area contributed by atoms with Crippen LogP contribution >= 0.6 is 11.8 Å². The Morgan fingerprint density at radius 2 is 1.68 bits per heavy atom. The van der Waals surface area contributed by atoms with Gasteiger partial charge in [-0.1, -0.05) is 30.3 Å². The molecule has 1 heterocycles. The van der Waals surface area contributed by atoms with E-state index < -0.39 is 0 Å². The molecule has 0 saturated carbocycles. The summed E-state index contributed by atoms with van der Waals surface area (Å²) in [5.41, 5.74) is 2.43. The van der Waals surface area contributed by atoms with Gasteiger partial charge in [0.25, 0.3) is 11.8 Å². The van der Waals surface area contributed by atoms with Crippen molar-refractivity contribution >= 4 is 29.5 Å². The first-order valence-corrected chi connectivity index (χ1v) is 10.0. The van der Waals surface area contributed by atoms with Gasteiger partial charge in [0.2, 0.25) is 5.91 Å². The Labute approximate surface area is 167 Å². The van der Waals surface area contributed by atoms with E-state index in [-0.39, 0.29) is 30.7 Å². The summed E-state index contributed by atoms with van der Waals surface area (Å²) in [6.45, 7) is 0.557. The van der Waals surface area contributed by atoms with E-state index in [1.165, 1.54) is 0 Å². The van der Waals surface area contributed by atoms with Crippen molar-refractivity contribution in [1.29, 1.82) is 5.26 Å². The fraction of sp³-hybridized carbons (Fsp3) is 0.238. The van der Waals surface area contributed by atoms with Crippen LogP contribution in [0, 0.1) is 11.3 Å². The number of carbonyl (C=O) groups is 3. The molecule has 0 bridgehead atoms. The Kier molecular flexibility index (Phi) is 6.45. The van der Waals surface area contributed by atoms with E-state index in [2.05, 4.69) is 11.4 Å². The molecule has 0 spiro atoms. The maximum atomic E-state index is 12.3. The van der Waals surface area contributed by atoms with Gasteiger partial charge in [-0.2, -0.15) is 17.0 Å². The minimum absolute atomic E-state index is 0.0703. The van der Waals surface area contributed by atoms with Gasteiger partial charge in [-0.25, -0.2) is 0 Å². The van der Waals surface area contributed by atoms with Gasteiger partial charge >= 0.3 is 0 Å². The van der Waals surface area contributed by atoms with Crippen LogP contribution in [-0.4, -0.2) is 41.5 Å². The molecule has 3 amide bonds. The maximum Gasteiger partial charge on any atom is 0.261 e. The van der Waals surface area contributed by atoms with E-state index in [0.717, 1.165) is 10.5 Å². The number of benzene rings is 2. The molecular weight excluding hydrogens is 374 g/mol. The van der Waals surface area contributed by atoms with Gasteiger partial charge < -0.3 is 5.32 Å². The molecule has 28 heavy (non-hydrogen) atoms. The Balaban J connectivity index is 1.37. The van der Waals surface area contributed by atoms with E-state index in [4.69, 9.17) is 5.26 Å². The first kappa shape index (κ1) is 19.6. The second-order valence-electron chi connectivity index (χ2n) is 6.23. The zero-order chi connectivity index (χ0) is 19.9. The topological polar surface area (TPSA) is 90.3 Å². The van der Waals surface area contributed by atoms with Gasteiger partial charge in [0.15, 0.2) is 0 Å². The van der Waals surface area contributed by atoms with Crippen LogP contribution in [0.3, 0.4) is 0 Å². The number of carbonyl (C=O) groups excluding carboxylic acids is 3. The van der Waals surface area contributed by atoms with Crippen molar-refractivity contribution in [1.82, 2.24) is 10.2 Å². The van der Waals surface area contributed by atoms with Crippen LogP contribution in [0.25, 0.3) is 0 Å². The Morgan fingerprint density at radius 1 is 1.04 bits per heavy atom. The van der Waals surface area contributed by atoms with Crippen LogP contribution in [0.15, 0.2) is 48.5 Å². The number of fused-ring (bicyclic) bond motifs is 1. The first-order valence-electron chi connectivity index (χ1n) is 8.89. The molecule has 142 valence electrons. The van der Waals surface area contributed by atoms with Crippen LogP contribution in [0.2, 0.25) is 0 Å². The van der Waals surface area contributed by atoms with Crippen molar-refractivity contribution in [3.8, 4) is 6.07 Å². The SMILES string of the molecule is N#Cc1ccccc1CSCCNC(=O)CCN1C(=O)c2ccccc2C1=O. The normalized spacial score (nSPS) is 12.6. The Hall–Kier alpha value is -3.11. The molecule has 3 rings (SSSR count). The monoisotopic (exact) mass is 393 g/mol. The summed E-state index contributed by atoms with van der Waals surface area (Å²) in [5, 5.41) is 11.9. The number of nitrogens with one attached hydrogen (secondary N) is 1. The molecule has 1 aliphatic heterocycles. The van der Waals surface area contributed by atoms with Gasteiger partial charge in [-0.05, 0) is 23.8 Å². The van der Waals surface area contributed by atoms with Gasteiger partial charge in [0.1, 0.15) is 0 Å². The van der Waals surface area contributed by atoms with Crippen molar-refractivity contribution < 1.29 is 14.4 Å². The number of amides is 3. The Morgan fingerprint density at radius 3 is 2.36 bits per heavy atom. The standard InChI is InChI=1S/C21H19N3O3S/c22-13-15-5-1-2-6-16(15)14-28-12-10-23-19(25)9-11-24-20(26)17-7-3-4-8-18(17)21(24)27/h1-8H,9-12,14H2,(H,23,25). The van der Waals surface area contributed by atoms with E-state index in [1.54, 1.807) is 42.1 Å². The minimum Gasteiger partial charge on any atom is -0.355 e. The highest BCUT2D eigenvalue weighted by Crippen LogP contribution is 2.22. The summed E-state index contributed by atoms with van der Waals surface area (Å²) < 4.78 is 0. The summed E-state index contributed by atoms with van der Waals surface area (Å²) in [4.78, 5) is 37.6. The predicted molar refractivity (Wildman–Crippen MR) is 107 cm³/mol. The summed E-state index contributed by atoms with van der Waals surface area (Å²) in [6.07, 6.45) is 0.0768. The van der Waals surface area contributed by atoms with Crippen molar-refractivity contribution in [3.05, 3.63) is 70.8 Å². The molecular formula is C21H19N3O3S. The molecule has 0 radical (unpaired) electrons. The maximum absolute atomic E-state index is 12.3. The number of rotatable bonds is 8. The van der Waals surface area contributed by atoms with Crippen molar-refractivity contribution in [3.63, 3.8) is 0 Å². The Bertz CT molecular complexity index is 917. The van der Waals surface area contributed by atoms with Crippen LogP contribution in [0.5, 0.6) is 0 Å². The van der Waals surface area contributed by atoms with Crippen LogP contribution < -0.4 is 5.32 Å². The molecule has 2 aromatic rings. The van der Waals surface area contributed by atoms with E-state index in [9.17, 15) is 14.4 Å². The lowest BCUT2D eigenvalue weighted by atomic mass is 10.1. The average Bonchev–Trinajstić information content (AvgIpc) is 2.97. The third kappa shape index (κ3) is 4.41. The van der Waals surface area contributed by atoms with E-state index >= 15 is 0 Å². The number of hydrogen-bond donors (Lipinski definition) is 1. The quantitative estimate of drug-likeness (QED) is 0.550. The number of thioether (sulfide) groups is 1. The van der Waals surface area contributed by atoms with Crippen molar-refractivity contribution in [2.75, 3.05) is 18.8 Å². The van der Waals surface area contributed by atoms with Gasteiger partial charge in [-0.3, -0.25) is 19.3 Å². The average molecular weight is 393 g/mol. The van der Waals surface area contributed by atoms with Gasteiger partial charge in [-0.15, -0.1) is 0 Å². The number of hydrogen-bond acceptors (Lipinski definition) is 5. The molecule has 0 saturated heterocycles. The molecule has 0 fully saturated rings. The summed E-state index contributed by atoms with van der Waals surface area (Å²) in [7, 11) is 0. The fourth-order valence-electron chi connectivity index (χ4n) is 2.94. The largest absolute Gasteiger partial charge is 0.355 e. The molecule has 2 aromatic carbocycles. The zero-order valence-corrected chi connectivity index (χ0v) is 16.0. The zero-order valence-electron chi connectivity index (χ0n) is 15.2. The molecule has 6 nitrogen and oxygen atoms in total. The third-order valence-corrected chi connectivity index (χ3v) is 5.41. The van der Waals surface area contributed by atoms with Crippen molar-refractivity contribution in [2.45, 2.75) is 12.2 Å². The molecule has 1 N–H and O–H groups in total. The summed E-state index contributed by atoms with van der Waals surface area (Å²) in [6, 6.07) is 16.3. The molecule has 7 heteroatoms. The lowest BCUT2D eigenvalue weighted by molar-refractivity contribution is -0.121. The number of nitriles is 1. The van der Waals surface area contributed by atoms with Crippen LogP contribution in [0.1, 0.15) is 38.3 Å². The lowest BCUT2D eigenvalue weighted by Crippen LogP contribution is -2.35. The van der Waals surface area contributed by atoms with Crippen molar-refractivity contribution in [2.24, 2.45) is 0 Å². The number of nitrogens with zero attached hydrogens (tertiary/aromatic N) is 2. The molecule has 0 atom stereocenters. The van der Waals surface area contributed by atoms with E-state index in [1.807, 2.05) is 18.2 Å². The third-order valence-electron chi connectivity index (χ3n) is 4.40. The van der Waals surface area contributed by atoms with Gasteiger partial charge in [0.05, 0.1) is 22.8 Å². The predicted octanol–water partition coefficient (Wildman–Crippen LogP) is 2.59. The summed E-state index contributed by atoms with van der Waals surface area (Å²) >= 11 is 1.63. The summed E-state index contributed by atoms with van der Waals surface area (Å²) in [5.74, 6) is 0.516. The highest BCUT2D eigenvalue weighted by Gasteiger charge is 2.34. The molecule has 0 aromatic heterocycles. The lowest BCUT2D eigenvalue weighted by Gasteiger charge is -2.13. The van der Waals surface area contributed by atoms with Gasteiger partial charge in [0, 0.05) is 31.0 Å². The smallest absolute Gasteiger partial charge is 0.261 e. The first-order chi connectivity index (χ1) is 13.6. The minimum atomic E-state index is -0.347. The number of imide groups is 1. The highest BCUT2D eigenvalue weighted by atomic mass is 32.2. The molecule has 0 unspecified atom stereocenters. The molecule has 0 aliphatic carbocycles. The van der Waals surface area contributed by atoms with Crippen LogP contribution in [-0.2, 0) is 10.5 Å². The molecule has 1 aliphatic rings. The van der Waals surface area contributed by atoms with Crippen LogP contribution in [0.4, 0.5) is 0 Å². The second-order valence-corrected chi connectivity index (χ2v) is 7.33. The fourth-order valence-corrected chi connectivity index (χ4v) is 3.81. The second kappa shape index (κ2) is 9.20.